The normalized spacial score (nSPS) is 9.94. The average molecular weight is 217 g/mol. The van der Waals surface area contributed by atoms with Crippen LogP contribution in [0.25, 0.3) is 5.65 Å². The lowest BCUT2D eigenvalue weighted by molar-refractivity contribution is -0.120. The first-order valence-electron chi connectivity index (χ1n) is 4.44. The first-order chi connectivity index (χ1) is 7.72. The Morgan fingerprint density at radius 2 is 2.38 bits per heavy atom. The topological polar surface area (TPSA) is 92.2 Å². The molecule has 0 spiro atoms. The van der Waals surface area contributed by atoms with Crippen LogP contribution in [-0.4, -0.2) is 20.1 Å². The summed E-state index contributed by atoms with van der Waals surface area (Å²) in [5.41, 5.74) is 0.0425. The summed E-state index contributed by atoms with van der Waals surface area (Å²) in [6, 6.07) is 5.08. The van der Waals surface area contributed by atoms with Gasteiger partial charge >= 0.3 is 5.69 Å². The Hall–Kier alpha value is -2.62. The van der Waals surface area contributed by atoms with Crippen molar-refractivity contribution in [2.24, 2.45) is 0 Å². The summed E-state index contributed by atoms with van der Waals surface area (Å²) in [6.45, 7) is -0.270. The zero-order chi connectivity index (χ0) is 11.5. The van der Waals surface area contributed by atoms with Crippen LogP contribution in [-0.2, 0) is 11.3 Å². The van der Waals surface area contributed by atoms with Gasteiger partial charge in [0.1, 0.15) is 6.54 Å². The molecule has 0 aliphatic carbocycles. The van der Waals surface area contributed by atoms with Gasteiger partial charge in [-0.3, -0.25) is 14.5 Å². The third-order valence-corrected chi connectivity index (χ3v) is 1.98. The van der Waals surface area contributed by atoms with Crippen molar-refractivity contribution in [3.63, 3.8) is 0 Å². The van der Waals surface area contributed by atoms with Crippen LogP contribution in [0.3, 0.4) is 0 Å². The maximum Gasteiger partial charge on any atom is 0.350 e. The summed E-state index contributed by atoms with van der Waals surface area (Å²) in [7, 11) is 0. The van der Waals surface area contributed by atoms with Crippen molar-refractivity contribution in [1.29, 1.82) is 5.26 Å². The number of aromatic nitrogens is 3. The van der Waals surface area contributed by atoms with Gasteiger partial charge in [0, 0.05) is 6.20 Å². The Labute approximate surface area is 89.5 Å². The molecule has 7 nitrogen and oxygen atoms in total. The third kappa shape index (κ3) is 1.64. The predicted octanol–water partition coefficient (Wildman–Crippen LogP) is -0.907. The quantitative estimate of drug-likeness (QED) is 0.520. The van der Waals surface area contributed by atoms with Crippen LogP contribution in [0, 0.1) is 11.5 Å². The smallest absolute Gasteiger partial charge is 0.272 e. The molecular formula is C9H7N5O2. The van der Waals surface area contributed by atoms with Gasteiger partial charge < -0.3 is 0 Å². The Kier molecular flexibility index (Phi) is 2.39. The molecule has 7 heteroatoms. The van der Waals surface area contributed by atoms with Crippen LogP contribution in [0.15, 0.2) is 29.2 Å². The van der Waals surface area contributed by atoms with Gasteiger partial charge in [0.15, 0.2) is 11.8 Å². The largest absolute Gasteiger partial charge is 0.350 e. The van der Waals surface area contributed by atoms with Crippen molar-refractivity contribution in [2.75, 3.05) is 0 Å². The molecule has 1 amide bonds. The van der Waals surface area contributed by atoms with E-state index in [9.17, 15) is 9.59 Å². The van der Waals surface area contributed by atoms with E-state index in [-0.39, 0.29) is 6.54 Å². The van der Waals surface area contributed by atoms with E-state index in [0.717, 1.165) is 4.68 Å². The molecule has 0 aliphatic rings. The molecule has 0 saturated heterocycles. The van der Waals surface area contributed by atoms with Gasteiger partial charge in [-0.2, -0.15) is 5.26 Å². The summed E-state index contributed by atoms with van der Waals surface area (Å²) >= 11 is 0. The predicted molar refractivity (Wildman–Crippen MR) is 53.2 cm³/mol. The highest BCUT2D eigenvalue weighted by atomic mass is 16.2. The fourth-order valence-electron chi connectivity index (χ4n) is 1.31. The highest BCUT2D eigenvalue weighted by Crippen LogP contribution is 1.94. The van der Waals surface area contributed by atoms with Crippen LogP contribution in [0.1, 0.15) is 0 Å². The minimum atomic E-state index is -0.576. The lowest BCUT2D eigenvalue weighted by atomic mass is 10.5. The van der Waals surface area contributed by atoms with Gasteiger partial charge in [-0.25, -0.2) is 9.48 Å². The third-order valence-electron chi connectivity index (χ3n) is 1.98. The molecule has 2 aromatic heterocycles. The first-order valence-corrected chi connectivity index (χ1v) is 4.44. The zero-order valence-corrected chi connectivity index (χ0v) is 8.12. The number of nitrogens with zero attached hydrogens (tertiary/aromatic N) is 4. The van der Waals surface area contributed by atoms with Crippen molar-refractivity contribution in [1.82, 2.24) is 19.5 Å². The van der Waals surface area contributed by atoms with Crippen molar-refractivity contribution in [3.8, 4) is 6.19 Å². The van der Waals surface area contributed by atoms with Crippen molar-refractivity contribution >= 4 is 11.6 Å². The van der Waals surface area contributed by atoms with Crippen LogP contribution in [0.2, 0.25) is 0 Å². The molecule has 80 valence electrons. The van der Waals surface area contributed by atoms with Crippen molar-refractivity contribution in [3.05, 3.63) is 34.9 Å². The van der Waals surface area contributed by atoms with Crippen molar-refractivity contribution in [2.45, 2.75) is 6.54 Å². The minimum Gasteiger partial charge on any atom is -0.272 e. The molecule has 0 aromatic carbocycles. The van der Waals surface area contributed by atoms with Gasteiger partial charge in [-0.1, -0.05) is 6.07 Å². The molecule has 2 aromatic rings. The molecule has 0 aliphatic heterocycles. The summed E-state index contributed by atoms with van der Waals surface area (Å²) < 4.78 is 2.32. The SMILES string of the molecule is N#CNC(=O)Cn1nc2ccccn2c1=O. The second kappa shape index (κ2) is 3.86. The van der Waals surface area contributed by atoms with E-state index in [1.165, 1.54) is 10.6 Å². The lowest BCUT2D eigenvalue weighted by Gasteiger charge is -1.94. The molecule has 0 bridgehead atoms. The molecule has 1 N–H and O–H groups in total. The number of nitrogens with one attached hydrogen (secondary N) is 1. The number of carbonyl (C=O) groups is 1. The number of nitriles is 1. The van der Waals surface area contributed by atoms with Crippen molar-refractivity contribution < 1.29 is 4.79 Å². The van der Waals surface area contributed by atoms with E-state index in [2.05, 4.69) is 5.10 Å². The monoisotopic (exact) mass is 217 g/mol. The van der Waals surface area contributed by atoms with Gasteiger partial charge in [-0.05, 0) is 12.1 Å². The number of pyridine rings is 1. The molecule has 2 rings (SSSR count). The molecule has 0 fully saturated rings. The fourth-order valence-corrected chi connectivity index (χ4v) is 1.31. The Balaban J connectivity index is 2.40. The van der Waals surface area contributed by atoms with Gasteiger partial charge in [0.25, 0.3) is 5.91 Å². The van der Waals surface area contributed by atoms with E-state index in [0.29, 0.717) is 5.65 Å². The maximum atomic E-state index is 11.7. The summed E-state index contributed by atoms with van der Waals surface area (Å²) in [4.78, 5) is 22.8. The van der Waals surface area contributed by atoms with E-state index in [1.807, 2.05) is 5.32 Å². The van der Waals surface area contributed by atoms with Gasteiger partial charge in [0.2, 0.25) is 0 Å². The minimum absolute atomic E-state index is 0.270. The standard InChI is InChI=1S/C9H7N5O2/c10-6-11-8(15)5-14-9(16)13-4-2-1-3-7(13)12-14/h1-4H,5H2,(H,11,15). The Morgan fingerprint density at radius 1 is 1.56 bits per heavy atom. The van der Waals surface area contributed by atoms with Crippen LogP contribution < -0.4 is 11.0 Å². The van der Waals surface area contributed by atoms with E-state index in [4.69, 9.17) is 5.26 Å². The second-order valence-corrected chi connectivity index (χ2v) is 3.03. The molecule has 2 heterocycles. The number of hydrogen-bond donors (Lipinski definition) is 1. The summed E-state index contributed by atoms with van der Waals surface area (Å²) in [5, 5.41) is 14.1. The number of carbonyl (C=O) groups excluding carboxylic acids is 1. The van der Waals surface area contributed by atoms with E-state index >= 15 is 0 Å². The molecule has 0 saturated carbocycles. The van der Waals surface area contributed by atoms with Crippen LogP contribution in [0.4, 0.5) is 0 Å². The van der Waals surface area contributed by atoms with E-state index < -0.39 is 11.6 Å². The molecule has 0 atom stereocenters. The fraction of sp³-hybridized carbons (Fsp3) is 0.111. The average Bonchev–Trinajstić information content (AvgIpc) is 2.57. The van der Waals surface area contributed by atoms with Crippen LogP contribution >= 0.6 is 0 Å². The Bertz CT molecular complexity index is 633. The summed E-state index contributed by atoms with van der Waals surface area (Å²) in [5.74, 6) is -0.576. The first kappa shape index (κ1) is 9.92. The second-order valence-electron chi connectivity index (χ2n) is 3.03. The molecular weight excluding hydrogens is 210 g/mol. The number of amides is 1. The number of fused-ring (bicyclic) bond motifs is 1. The van der Waals surface area contributed by atoms with E-state index in [1.54, 1.807) is 24.4 Å². The number of hydrogen-bond acceptors (Lipinski definition) is 4. The molecule has 0 radical (unpaired) electrons. The zero-order valence-electron chi connectivity index (χ0n) is 8.12. The van der Waals surface area contributed by atoms with Gasteiger partial charge in [-0.15, -0.1) is 5.10 Å². The number of rotatable bonds is 2. The highest BCUT2D eigenvalue weighted by Gasteiger charge is 2.09. The maximum absolute atomic E-state index is 11.7. The Morgan fingerprint density at radius 3 is 3.06 bits per heavy atom. The van der Waals surface area contributed by atoms with Gasteiger partial charge in [0.05, 0.1) is 0 Å². The van der Waals surface area contributed by atoms with Crippen LogP contribution in [0.5, 0.6) is 0 Å². The molecule has 0 unspecified atom stereocenters. The highest BCUT2D eigenvalue weighted by molar-refractivity contribution is 5.77. The summed E-state index contributed by atoms with van der Waals surface area (Å²) in [6.07, 6.45) is 3.05. The molecule has 16 heavy (non-hydrogen) atoms. The lowest BCUT2D eigenvalue weighted by Crippen LogP contribution is -2.30.